The normalized spacial score (nSPS) is 11.6. The Morgan fingerprint density at radius 3 is 1.96 bits per heavy atom. The summed E-state index contributed by atoms with van der Waals surface area (Å²) in [7, 11) is 0. The molecule has 0 spiro atoms. The van der Waals surface area contributed by atoms with E-state index in [4.69, 9.17) is 9.97 Å². The van der Waals surface area contributed by atoms with Crippen molar-refractivity contribution in [3.05, 3.63) is 152 Å². The minimum atomic E-state index is 0.741. The van der Waals surface area contributed by atoms with Crippen molar-refractivity contribution in [3.63, 3.8) is 0 Å². The first kappa shape index (κ1) is 25.8. The van der Waals surface area contributed by atoms with E-state index in [0.717, 1.165) is 49.3 Å². The second-order valence-electron chi connectivity index (χ2n) is 11.2. The topological polar surface area (TPSA) is 38.7 Å². The third-order valence-electron chi connectivity index (χ3n) is 8.57. The number of rotatable bonds is 4. The summed E-state index contributed by atoms with van der Waals surface area (Å²) in [6.45, 7) is 0. The molecule has 45 heavy (non-hydrogen) atoms. The van der Waals surface area contributed by atoms with Gasteiger partial charge in [-0.05, 0) is 39.8 Å². The molecule has 0 saturated carbocycles. The third-order valence-corrected chi connectivity index (χ3v) is 9.74. The lowest BCUT2D eigenvalue weighted by Gasteiger charge is -2.10. The van der Waals surface area contributed by atoms with Gasteiger partial charge >= 0.3 is 0 Å². The van der Waals surface area contributed by atoms with Gasteiger partial charge in [-0.15, -0.1) is 11.3 Å². The summed E-state index contributed by atoms with van der Waals surface area (Å²) in [5.74, 6) is 0.741. The fraction of sp³-hybridized carbons (Fsp3) is 0. The lowest BCUT2D eigenvalue weighted by molar-refractivity contribution is 1.24. The van der Waals surface area contributed by atoms with Gasteiger partial charge in [-0.1, -0.05) is 133 Å². The highest BCUT2D eigenvalue weighted by atomic mass is 32.1. The van der Waals surface area contributed by atoms with Crippen LogP contribution in [-0.4, -0.2) is 15.0 Å². The van der Waals surface area contributed by atoms with Crippen molar-refractivity contribution >= 4 is 53.3 Å². The van der Waals surface area contributed by atoms with E-state index in [1.807, 2.05) is 18.3 Å². The van der Waals surface area contributed by atoms with E-state index < -0.39 is 0 Å². The van der Waals surface area contributed by atoms with Gasteiger partial charge in [-0.3, -0.25) is 4.98 Å². The average Bonchev–Trinajstić information content (AvgIpc) is 3.50. The first-order chi connectivity index (χ1) is 22.3. The van der Waals surface area contributed by atoms with Crippen LogP contribution in [-0.2, 0) is 0 Å². The Balaban J connectivity index is 1.08. The van der Waals surface area contributed by atoms with Crippen molar-refractivity contribution in [2.24, 2.45) is 0 Å². The lowest BCUT2D eigenvalue weighted by Crippen LogP contribution is -1.93. The largest absolute Gasteiger partial charge is 0.256 e. The van der Waals surface area contributed by atoms with Gasteiger partial charge in [0.1, 0.15) is 0 Å². The van der Waals surface area contributed by atoms with Crippen molar-refractivity contribution in [3.8, 4) is 44.9 Å². The Hall–Kier alpha value is -5.71. The van der Waals surface area contributed by atoms with Crippen LogP contribution in [0.3, 0.4) is 0 Å². The molecule has 0 saturated heterocycles. The van der Waals surface area contributed by atoms with Gasteiger partial charge in [0.15, 0.2) is 5.82 Å². The molecule has 0 unspecified atom stereocenters. The van der Waals surface area contributed by atoms with E-state index in [0.29, 0.717) is 0 Å². The summed E-state index contributed by atoms with van der Waals surface area (Å²) < 4.78 is 2.35. The minimum Gasteiger partial charge on any atom is -0.256 e. The standard InChI is InChI=1S/C41H25N3S/c1-2-8-29(9-3-1)38-40-39(35-11-4-5-14-36(35)45-40)44-41(43-38)31-21-17-27(18-22-31)26-15-19-28(20-16-26)32-12-6-13-34-33(32)24-23-30-10-7-25-42-37(30)34/h1-25H. The van der Waals surface area contributed by atoms with Crippen molar-refractivity contribution < 1.29 is 0 Å². The molecule has 3 aromatic heterocycles. The van der Waals surface area contributed by atoms with Crippen LogP contribution < -0.4 is 0 Å². The molecule has 0 aliphatic heterocycles. The Bertz CT molecular complexity index is 2520. The zero-order chi connectivity index (χ0) is 29.7. The van der Waals surface area contributed by atoms with Crippen LogP contribution in [0.4, 0.5) is 0 Å². The number of aromatic nitrogens is 3. The Morgan fingerprint density at radius 1 is 0.422 bits per heavy atom. The predicted molar refractivity (Wildman–Crippen MR) is 189 cm³/mol. The van der Waals surface area contributed by atoms with E-state index in [1.165, 1.54) is 37.5 Å². The fourth-order valence-corrected chi connectivity index (χ4v) is 7.47. The Kier molecular flexibility index (Phi) is 6.00. The summed E-state index contributed by atoms with van der Waals surface area (Å²) in [4.78, 5) is 14.9. The summed E-state index contributed by atoms with van der Waals surface area (Å²) in [6, 6.07) is 51.3. The second-order valence-corrected chi connectivity index (χ2v) is 12.3. The van der Waals surface area contributed by atoms with Crippen molar-refractivity contribution in [2.45, 2.75) is 0 Å². The van der Waals surface area contributed by atoms with Gasteiger partial charge in [0.25, 0.3) is 0 Å². The van der Waals surface area contributed by atoms with Gasteiger partial charge in [0.05, 0.1) is 21.4 Å². The van der Waals surface area contributed by atoms with E-state index in [2.05, 4.69) is 138 Å². The summed E-state index contributed by atoms with van der Waals surface area (Å²) in [6.07, 6.45) is 1.87. The zero-order valence-electron chi connectivity index (χ0n) is 24.2. The molecular weight excluding hydrogens is 567 g/mol. The van der Waals surface area contributed by atoms with Crippen LogP contribution in [0, 0.1) is 0 Å². The summed E-state index contributed by atoms with van der Waals surface area (Å²) in [5.41, 5.74) is 9.86. The predicted octanol–water partition coefficient (Wildman–Crippen LogP) is 11.2. The average molecular weight is 592 g/mol. The molecule has 3 nitrogen and oxygen atoms in total. The van der Waals surface area contributed by atoms with Crippen LogP contribution >= 0.6 is 11.3 Å². The molecule has 9 rings (SSSR count). The first-order valence-corrected chi connectivity index (χ1v) is 15.8. The van der Waals surface area contributed by atoms with Crippen molar-refractivity contribution in [1.82, 2.24) is 15.0 Å². The number of hydrogen-bond acceptors (Lipinski definition) is 4. The number of fused-ring (bicyclic) bond motifs is 6. The van der Waals surface area contributed by atoms with E-state index in [9.17, 15) is 0 Å². The Morgan fingerprint density at radius 2 is 1.13 bits per heavy atom. The van der Waals surface area contributed by atoms with Crippen LogP contribution in [0.25, 0.3) is 86.9 Å². The SMILES string of the molecule is c1ccc(-c2nc(-c3ccc(-c4ccc(-c5cccc6c5ccc5cccnc56)cc4)cc3)nc3c2sc2ccccc23)cc1. The molecule has 9 aromatic rings. The van der Waals surface area contributed by atoms with Crippen LogP contribution in [0.1, 0.15) is 0 Å². The van der Waals surface area contributed by atoms with Crippen molar-refractivity contribution in [2.75, 3.05) is 0 Å². The number of thiophene rings is 1. The molecule has 4 heteroatoms. The first-order valence-electron chi connectivity index (χ1n) is 15.0. The number of hydrogen-bond donors (Lipinski definition) is 0. The molecule has 6 aromatic carbocycles. The van der Waals surface area contributed by atoms with Gasteiger partial charge in [0, 0.05) is 38.2 Å². The van der Waals surface area contributed by atoms with Gasteiger partial charge in [-0.25, -0.2) is 9.97 Å². The smallest absolute Gasteiger partial charge is 0.160 e. The van der Waals surface area contributed by atoms with E-state index in [-0.39, 0.29) is 0 Å². The minimum absolute atomic E-state index is 0.741. The Labute approximate surface area is 264 Å². The van der Waals surface area contributed by atoms with Crippen LogP contribution in [0.2, 0.25) is 0 Å². The van der Waals surface area contributed by atoms with Crippen molar-refractivity contribution in [1.29, 1.82) is 0 Å². The summed E-state index contributed by atoms with van der Waals surface area (Å²) >= 11 is 1.76. The van der Waals surface area contributed by atoms with Gasteiger partial charge in [-0.2, -0.15) is 0 Å². The molecular formula is C41H25N3S. The van der Waals surface area contributed by atoms with E-state index in [1.54, 1.807) is 11.3 Å². The maximum Gasteiger partial charge on any atom is 0.160 e. The second kappa shape index (κ2) is 10.5. The number of nitrogens with zero attached hydrogens (tertiary/aromatic N) is 3. The highest BCUT2D eigenvalue weighted by Crippen LogP contribution is 2.39. The van der Waals surface area contributed by atoms with Crippen LogP contribution in [0.5, 0.6) is 0 Å². The van der Waals surface area contributed by atoms with E-state index >= 15 is 0 Å². The monoisotopic (exact) mass is 591 g/mol. The maximum atomic E-state index is 5.12. The molecule has 0 aliphatic carbocycles. The van der Waals surface area contributed by atoms with Gasteiger partial charge in [0.2, 0.25) is 0 Å². The molecule has 0 fully saturated rings. The molecule has 0 radical (unpaired) electrons. The fourth-order valence-electron chi connectivity index (χ4n) is 6.32. The number of benzene rings is 6. The third kappa shape index (κ3) is 4.38. The molecule has 0 bridgehead atoms. The highest BCUT2D eigenvalue weighted by molar-refractivity contribution is 7.26. The molecule has 210 valence electrons. The number of pyridine rings is 1. The van der Waals surface area contributed by atoms with Gasteiger partial charge < -0.3 is 0 Å². The quantitative estimate of drug-likeness (QED) is 0.191. The molecule has 0 N–H and O–H groups in total. The highest BCUT2D eigenvalue weighted by Gasteiger charge is 2.16. The molecule has 0 aliphatic rings. The molecule has 0 amide bonds. The zero-order valence-corrected chi connectivity index (χ0v) is 25.0. The maximum absolute atomic E-state index is 5.12. The molecule has 0 atom stereocenters. The summed E-state index contributed by atoms with van der Waals surface area (Å²) in [5, 5.41) is 4.72. The molecule has 3 heterocycles. The van der Waals surface area contributed by atoms with Crippen LogP contribution in [0.15, 0.2) is 152 Å². The lowest BCUT2D eigenvalue weighted by atomic mass is 9.95.